The minimum atomic E-state index is 0.0648. The van der Waals surface area contributed by atoms with Crippen LogP contribution in [0.3, 0.4) is 0 Å². The minimum absolute atomic E-state index is 0.0648. The molecule has 5 nitrogen and oxygen atoms in total. The van der Waals surface area contributed by atoms with Crippen molar-refractivity contribution in [3.05, 3.63) is 53.6 Å². The summed E-state index contributed by atoms with van der Waals surface area (Å²) < 4.78 is 11.1. The van der Waals surface area contributed by atoms with Crippen LogP contribution in [0, 0.1) is 0 Å². The van der Waals surface area contributed by atoms with Crippen LogP contribution in [0.15, 0.2) is 42.5 Å². The predicted molar refractivity (Wildman–Crippen MR) is 110 cm³/mol. The number of benzene rings is 2. The number of rotatable bonds is 6. The van der Waals surface area contributed by atoms with Crippen molar-refractivity contribution < 1.29 is 14.3 Å². The molecule has 2 aliphatic heterocycles. The van der Waals surface area contributed by atoms with E-state index in [0.29, 0.717) is 32.6 Å². The van der Waals surface area contributed by atoms with Crippen LogP contribution in [-0.4, -0.2) is 32.2 Å². The molecule has 0 aliphatic carbocycles. The van der Waals surface area contributed by atoms with E-state index in [1.807, 2.05) is 18.2 Å². The van der Waals surface area contributed by atoms with Gasteiger partial charge in [-0.3, -0.25) is 4.79 Å². The average molecular weight is 380 g/mol. The van der Waals surface area contributed by atoms with Gasteiger partial charge in [-0.05, 0) is 61.1 Å². The molecule has 1 saturated heterocycles. The Kier molecular flexibility index (Phi) is 6.00. The third kappa shape index (κ3) is 4.77. The maximum atomic E-state index is 12.2. The van der Waals surface area contributed by atoms with Gasteiger partial charge >= 0.3 is 0 Å². The molecule has 4 rings (SSSR count). The fourth-order valence-electron chi connectivity index (χ4n) is 3.77. The minimum Gasteiger partial charge on any atom is -0.486 e. The monoisotopic (exact) mass is 380 g/mol. The van der Waals surface area contributed by atoms with Gasteiger partial charge < -0.3 is 19.7 Å². The highest BCUT2D eigenvalue weighted by Gasteiger charge is 2.13. The van der Waals surface area contributed by atoms with E-state index in [1.165, 1.54) is 24.9 Å². The Bertz CT molecular complexity index is 798. The molecule has 28 heavy (non-hydrogen) atoms. The third-order valence-corrected chi connectivity index (χ3v) is 5.39. The number of nitrogens with one attached hydrogen (secondary N) is 1. The molecule has 0 radical (unpaired) electrons. The molecular formula is C23H28N2O3. The van der Waals surface area contributed by atoms with E-state index in [9.17, 15) is 4.79 Å². The van der Waals surface area contributed by atoms with Crippen LogP contribution in [0.25, 0.3) is 0 Å². The quantitative estimate of drug-likeness (QED) is 0.830. The second kappa shape index (κ2) is 9.00. The standard InChI is InChI=1S/C23H28N2O3/c26-23(11-7-18-6-10-21-22(16-18)28-15-14-27-21)24-17-19-4-8-20(9-5-19)25-12-2-1-3-13-25/h4-6,8-10,16H,1-3,7,11-15,17H2,(H,24,26). The summed E-state index contributed by atoms with van der Waals surface area (Å²) in [7, 11) is 0. The molecule has 5 heteroatoms. The van der Waals surface area contributed by atoms with E-state index < -0.39 is 0 Å². The van der Waals surface area contributed by atoms with Gasteiger partial charge in [0.1, 0.15) is 13.2 Å². The van der Waals surface area contributed by atoms with Crippen molar-refractivity contribution >= 4 is 11.6 Å². The molecule has 148 valence electrons. The van der Waals surface area contributed by atoms with Crippen molar-refractivity contribution in [3.63, 3.8) is 0 Å². The number of carbonyl (C=O) groups excluding carboxylic acids is 1. The van der Waals surface area contributed by atoms with Gasteiger partial charge in [0, 0.05) is 31.7 Å². The van der Waals surface area contributed by atoms with Crippen molar-refractivity contribution in [3.8, 4) is 11.5 Å². The lowest BCUT2D eigenvalue weighted by molar-refractivity contribution is -0.121. The topological polar surface area (TPSA) is 50.8 Å². The fourth-order valence-corrected chi connectivity index (χ4v) is 3.77. The van der Waals surface area contributed by atoms with E-state index in [4.69, 9.17) is 9.47 Å². The molecule has 1 fully saturated rings. The van der Waals surface area contributed by atoms with Crippen LogP contribution in [0.2, 0.25) is 0 Å². The summed E-state index contributed by atoms with van der Waals surface area (Å²) >= 11 is 0. The van der Waals surface area contributed by atoms with Crippen molar-refractivity contribution in [1.82, 2.24) is 5.32 Å². The van der Waals surface area contributed by atoms with E-state index in [1.54, 1.807) is 0 Å². The molecule has 1 N–H and O–H groups in total. The fraction of sp³-hybridized carbons (Fsp3) is 0.435. The first-order valence-corrected chi connectivity index (χ1v) is 10.3. The van der Waals surface area contributed by atoms with Gasteiger partial charge in [-0.15, -0.1) is 0 Å². The van der Waals surface area contributed by atoms with Crippen LogP contribution in [-0.2, 0) is 17.8 Å². The molecule has 2 heterocycles. The van der Waals surface area contributed by atoms with Gasteiger partial charge in [0.25, 0.3) is 0 Å². The predicted octanol–water partition coefficient (Wildman–Crippen LogP) is 3.70. The maximum absolute atomic E-state index is 12.2. The SMILES string of the molecule is O=C(CCc1ccc2c(c1)OCCO2)NCc1ccc(N2CCCCC2)cc1. The highest BCUT2D eigenvalue weighted by atomic mass is 16.6. The summed E-state index contributed by atoms with van der Waals surface area (Å²) in [6.07, 6.45) is 5.05. The highest BCUT2D eigenvalue weighted by Crippen LogP contribution is 2.31. The van der Waals surface area contributed by atoms with Crippen molar-refractivity contribution in [2.45, 2.75) is 38.6 Å². The van der Waals surface area contributed by atoms with E-state index in [2.05, 4.69) is 34.5 Å². The molecule has 2 aliphatic rings. The van der Waals surface area contributed by atoms with Crippen LogP contribution in [0.4, 0.5) is 5.69 Å². The number of piperidine rings is 1. The Labute approximate surface area is 166 Å². The zero-order valence-corrected chi connectivity index (χ0v) is 16.3. The van der Waals surface area contributed by atoms with Crippen molar-refractivity contribution in [2.75, 3.05) is 31.2 Å². The molecular weight excluding hydrogens is 352 g/mol. The molecule has 0 bridgehead atoms. The highest BCUT2D eigenvalue weighted by molar-refractivity contribution is 5.76. The summed E-state index contributed by atoms with van der Waals surface area (Å²) in [6, 6.07) is 14.5. The lowest BCUT2D eigenvalue weighted by Gasteiger charge is -2.28. The van der Waals surface area contributed by atoms with E-state index in [-0.39, 0.29) is 5.91 Å². The Morgan fingerprint density at radius 1 is 0.893 bits per heavy atom. The average Bonchev–Trinajstić information content (AvgIpc) is 2.77. The number of hydrogen-bond acceptors (Lipinski definition) is 4. The molecule has 0 unspecified atom stereocenters. The number of ether oxygens (including phenoxy) is 2. The van der Waals surface area contributed by atoms with E-state index in [0.717, 1.165) is 35.7 Å². The van der Waals surface area contributed by atoms with Crippen molar-refractivity contribution in [2.24, 2.45) is 0 Å². The third-order valence-electron chi connectivity index (χ3n) is 5.39. The van der Waals surface area contributed by atoms with Crippen LogP contribution >= 0.6 is 0 Å². The first-order chi connectivity index (χ1) is 13.8. The Morgan fingerprint density at radius 2 is 1.61 bits per heavy atom. The second-order valence-electron chi connectivity index (χ2n) is 7.47. The molecule has 0 saturated carbocycles. The van der Waals surface area contributed by atoms with Gasteiger partial charge in [0.15, 0.2) is 11.5 Å². The number of hydrogen-bond donors (Lipinski definition) is 1. The van der Waals surface area contributed by atoms with Gasteiger partial charge in [-0.25, -0.2) is 0 Å². The summed E-state index contributed by atoms with van der Waals surface area (Å²) in [6.45, 7) is 4.04. The van der Waals surface area contributed by atoms with Crippen LogP contribution < -0.4 is 19.7 Å². The first-order valence-electron chi connectivity index (χ1n) is 10.3. The number of carbonyl (C=O) groups is 1. The van der Waals surface area contributed by atoms with Crippen molar-refractivity contribution in [1.29, 1.82) is 0 Å². The smallest absolute Gasteiger partial charge is 0.220 e. The van der Waals surface area contributed by atoms with Gasteiger partial charge in [0.05, 0.1) is 0 Å². The Balaban J connectivity index is 1.23. The summed E-state index contributed by atoms with van der Waals surface area (Å²) in [4.78, 5) is 14.7. The lowest BCUT2D eigenvalue weighted by atomic mass is 10.1. The Morgan fingerprint density at radius 3 is 2.39 bits per heavy atom. The van der Waals surface area contributed by atoms with Crippen LogP contribution in [0.1, 0.15) is 36.8 Å². The van der Waals surface area contributed by atoms with E-state index >= 15 is 0 Å². The largest absolute Gasteiger partial charge is 0.486 e. The Hall–Kier alpha value is -2.69. The number of fused-ring (bicyclic) bond motifs is 1. The number of aryl methyl sites for hydroxylation is 1. The zero-order chi connectivity index (χ0) is 19.2. The number of amides is 1. The molecule has 0 spiro atoms. The van der Waals surface area contributed by atoms with Gasteiger partial charge in [-0.2, -0.15) is 0 Å². The zero-order valence-electron chi connectivity index (χ0n) is 16.3. The molecule has 2 aromatic carbocycles. The van der Waals surface area contributed by atoms with Gasteiger partial charge in [-0.1, -0.05) is 18.2 Å². The number of anilines is 1. The summed E-state index contributed by atoms with van der Waals surface area (Å²) in [5, 5.41) is 3.02. The lowest BCUT2D eigenvalue weighted by Crippen LogP contribution is -2.29. The summed E-state index contributed by atoms with van der Waals surface area (Å²) in [5.74, 6) is 1.63. The molecule has 0 aromatic heterocycles. The van der Waals surface area contributed by atoms with Gasteiger partial charge in [0.2, 0.25) is 5.91 Å². The molecule has 0 atom stereocenters. The molecule has 2 aromatic rings. The second-order valence-corrected chi connectivity index (χ2v) is 7.47. The molecule has 1 amide bonds. The summed E-state index contributed by atoms with van der Waals surface area (Å²) in [5.41, 5.74) is 3.51. The number of nitrogens with zero attached hydrogens (tertiary/aromatic N) is 1. The van der Waals surface area contributed by atoms with Crippen LogP contribution in [0.5, 0.6) is 11.5 Å². The normalized spacial score (nSPS) is 15.9. The maximum Gasteiger partial charge on any atom is 0.220 e. The first kappa shape index (κ1) is 18.7.